The van der Waals surface area contributed by atoms with E-state index in [2.05, 4.69) is 6.07 Å². The predicted octanol–water partition coefficient (Wildman–Crippen LogP) is 2.57. The van der Waals surface area contributed by atoms with Gasteiger partial charge in [0, 0.05) is 6.42 Å². The molecule has 0 aliphatic heterocycles. The fraction of sp³-hybridized carbons (Fsp3) is 0.533. The third kappa shape index (κ3) is 3.96. The van der Waals surface area contributed by atoms with E-state index in [-0.39, 0.29) is 12.5 Å². The van der Waals surface area contributed by atoms with Gasteiger partial charge in [0.1, 0.15) is 11.3 Å². The second-order valence-corrected chi connectivity index (χ2v) is 5.56. The first-order chi connectivity index (χ1) is 8.63. The molecule has 106 valence electrons. The van der Waals surface area contributed by atoms with Crippen LogP contribution in [-0.4, -0.2) is 22.7 Å². The van der Waals surface area contributed by atoms with Crippen LogP contribution < -0.4 is 10.5 Å². The number of nitrogens with two attached hydrogens (primary N) is 1. The highest BCUT2D eigenvalue weighted by molar-refractivity contribution is 5.77. The van der Waals surface area contributed by atoms with Gasteiger partial charge in [0.05, 0.1) is 6.10 Å². The third-order valence-corrected chi connectivity index (χ3v) is 3.29. The zero-order chi connectivity index (χ0) is 14.8. The third-order valence-electron chi connectivity index (χ3n) is 3.29. The lowest BCUT2D eigenvalue weighted by Gasteiger charge is -2.25. The first-order valence-electron chi connectivity index (χ1n) is 6.40. The van der Waals surface area contributed by atoms with E-state index >= 15 is 0 Å². The van der Waals surface area contributed by atoms with E-state index in [1.165, 1.54) is 6.92 Å². The van der Waals surface area contributed by atoms with Gasteiger partial charge in [-0.25, -0.2) is 0 Å². The molecule has 4 nitrogen and oxygen atoms in total. The number of benzene rings is 1. The molecule has 0 radical (unpaired) electrons. The van der Waals surface area contributed by atoms with Crippen molar-refractivity contribution in [2.75, 3.05) is 0 Å². The Morgan fingerprint density at radius 3 is 2.53 bits per heavy atom. The van der Waals surface area contributed by atoms with Gasteiger partial charge in [0.25, 0.3) is 0 Å². The van der Waals surface area contributed by atoms with Gasteiger partial charge in [0.15, 0.2) is 0 Å². The molecule has 2 atom stereocenters. The summed E-state index contributed by atoms with van der Waals surface area (Å²) in [6.07, 6.45) is 0.000360. The maximum absolute atomic E-state index is 11.0. The van der Waals surface area contributed by atoms with E-state index < -0.39 is 11.5 Å². The monoisotopic (exact) mass is 265 g/mol. The lowest BCUT2D eigenvalue weighted by molar-refractivity contribution is -0.143. The summed E-state index contributed by atoms with van der Waals surface area (Å²) < 4.78 is 5.85. The maximum Gasteiger partial charge on any atom is 0.323 e. The molecule has 1 aromatic carbocycles. The number of ether oxygens (including phenoxy) is 1. The van der Waals surface area contributed by atoms with Crippen molar-refractivity contribution in [3.8, 4) is 5.75 Å². The highest BCUT2D eigenvalue weighted by Gasteiger charge is 2.30. The molecule has 0 amide bonds. The molecule has 0 spiro atoms. The van der Waals surface area contributed by atoms with Gasteiger partial charge < -0.3 is 15.6 Å². The van der Waals surface area contributed by atoms with Crippen LogP contribution in [0, 0.1) is 20.8 Å². The first-order valence-corrected chi connectivity index (χ1v) is 6.40. The van der Waals surface area contributed by atoms with Crippen molar-refractivity contribution in [3.05, 3.63) is 28.8 Å². The number of hydrogen-bond acceptors (Lipinski definition) is 3. The van der Waals surface area contributed by atoms with Gasteiger partial charge in [-0.15, -0.1) is 0 Å². The fourth-order valence-electron chi connectivity index (χ4n) is 2.07. The molecule has 0 saturated heterocycles. The normalized spacial score (nSPS) is 15.7. The standard InChI is InChI=1S/C15H23NO3/c1-9-6-10(2)12(4)13(7-9)19-11(3)8-15(5,16)14(17)18/h6-7,11H,8,16H2,1-5H3,(H,17,18). The van der Waals surface area contributed by atoms with Crippen molar-refractivity contribution in [2.45, 2.75) is 52.7 Å². The minimum atomic E-state index is -1.27. The van der Waals surface area contributed by atoms with Gasteiger partial charge in [-0.1, -0.05) is 6.07 Å². The van der Waals surface area contributed by atoms with Crippen LogP contribution in [0.15, 0.2) is 12.1 Å². The summed E-state index contributed by atoms with van der Waals surface area (Å²) in [6.45, 7) is 9.38. The molecule has 19 heavy (non-hydrogen) atoms. The molecule has 0 saturated carbocycles. The lowest BCUT2D eigenvalue weighted by Crippen LogP contribution is -2.47. The lowest BCUT2D eigenvalue weighted by atomic mass is 9.96. The second-order valence-electron chi connectivity index (χ2n) is 5.56. The Labute approximate surface area is 114 Å². The number of aryl methyl sites for hydroxylation is 2. The minimum Gasteiger partial charge on any atom is -0.490 e. The van der Waals surface area contributed by atoms with E-state index in [4.69, 9.17) is 15.6 Å². The fourth-order valence-corrected chi connectivity index (χ4v) is 2.07. The molecule has 0 fully saturated rings. The Bertz CT molecular complexity index is 481. The van der Waals surface area contributed by atoms with Crippen molar-refractivity contribution < 1.29 is 14.6 Å². The molecule has 0 bridgehead atoms. The molecular weight excluding hydrogens is 242 g/mol. The molecule has 4 heteroatoms. The SMILES string of the molecule is Cc1cc(C)c(C)c(OC(C)CC(C)(N)C(=O)O)c1. The zero-order valence-corrected chi connectivity index (χ0v) is 12.3. The van der Waals surface area contributed by atoms with Crippen LogP contribution in [0.4, 0.5) is 0 Å². The van der Waals surface area contributed by atoms with Crippen LogP contribution in [-0.2, 0) is 4.79 Å². The molecule has 1 aromatic rings. The van der Waals surface area contributed by atoms with Crippen molar-refractivity contribution in [2.24, 2.45) is 5.73 Å². The zero-order valence-electron chi connectivity index (χ0n) is 12.3. The smallest absolute Gasteiger partial charge is 0.323 e. The molecular formula is C15H23NO3. The van der Waals surface area contributed by atoms with Crippen LogP contribution in [0.5, 0.6) is 5.75 Å². The minimum absolute atomic E-state index is 0.258. The topological polar surface area (TPSA) is 72.5 Å². The van der Waals surface area contributed by atoms with Crippen LogP contribution in [0.2, 0.25) is 0 Å². The Kier molecular flexibility index (Phi) is 4.58. The number of hydrogen-bond donors (Lipinski definition) is 2. The Hall–Kier alpha value is -1.55. The molecule has 3 N–H and O–H groups in total. The van der Waals surface area contributed by atoms with Gasteiger partial charge >= 0.3 is 5.97 Å². The largest absolute Gasteiger partial charge is 0.490 e. The number of aliphatic carboxylic acids is 1. The van der Waals surface area contributed by atoms with Crippen molar-refractivity contribution in [1.82, 2.24) is 0 Å². The quantitative estimate of drug-likeness (QED) is 0.858. The number of carboxylic acids is 1. The van der Waals surface area contributed by atoms with E-state index in [9.17, 15) is 4.79 Å². The molecule has 0 aliphatic carbocycles. The van der Waals surface area contributed by atoms with Gasteiger partial charge in [-0.2, -0.15) is 0 Å². The average Bonchev–Trinajstić information content (AvgIpc) is 2.24. The number of carbonyl (C=O) groups is 1. The Morgan fingerprint density at radius 2 is 2.00 bits per heavy atom. The Morgan fingerprint density at radius 1 is 1.42 bits per heavy atom. The summed E-state index contributed by atoms with van der Waals surface area (Å²) in [5.74, 6) is -0.216. The maximum atomic E-state index is 11.0. The average molecular weight is 265 g/mol. The van der Waals surface area contributed by atoms with Gasteiger partial charge in [0.2, 0.25) is 0 Å². The van der Waals surface area contributed by atoms with Crippen LogP contribution >= 0.6 is 0 Å². The van der Waals surface area contributed by atoms with E-state index in [0.29, 0.717) is 0 Å². The van der Waals surface area contributed by atoms with Crippen molar-refractivity contribution >= 4 is 5.97 Å². The number of rotatable bonds is 5. The summed E-state index contributed by atoms with van der Waals surface area (Å²) in [4.78, 5) is 11.0. The summed E-state index contributed by atoms with van der Waals surface area (Å²) in [5, 5.41) is 9.02. The molecule has 1 rings (SSSR count). The van der Waals surface area contributed by atoms with Crippen molar-refractivity contribution in [1.29, 1.82) is 0 Å². The van der Waals surface area contributed by atoms with Crippen LogP contribution in [0.25, 0.3) is 0 Å². The van der Waals surface area contributed by atoms with E-state index in [1.807, 2.05) is 33.8 Å². The summed E-state index contributed by atoms with van der Waals surface area (Å²) in [5.41, 5.74) is 7.82. The van der Waals surface area contributed by atoms with Gasteiger partial charge in [-0.3, -0.25) is 4.79 Å². The summed E-state index contributed by atoms with van der Waals surface area (Å²) >= 11 is 0. The van der Waals surface area contributed by atoms with Crippen LogP contribution in [0.3, 0.4) is 0 Å². The molecule has 2 unspecified atom stereocenters. The molecule has 0 heterocycles. The van der Waals surface area contributed by atoms with E-state index in [0.717, 1.165) is 22.4 Å². The first kappa shape index (κ1) is 15.5. The van der Waals surface area contributed by atoms with Crippen LogP contribution in [0.1, 0.15) is 37.0 Å². The summed E-state index contributed by atoms with van der Waals surface area (Å²) in [6, 6.07) is 4.06. The number of carboxylic acid groups (broad SMARTS) is 1. The molecule has 0 aliphatic rings. The Balaban J connectivity index is 2.83. The van der Waals surface area contributed by atoms with Gasteiger partial charge in [-0.05, 0) is 57.4 Å². The molecule has 0 aromatic heterocycles. The highest BCUT2D eigenvalue weighted by atomic mass is 16.5. The van der Waals surface area contributed by atoms with E-state index in [1.54, 1.807) is 0 Å². The predicted molar refractivity (Wildman–Crippen MR) is 75.6 cm³/mol. The highest BCUT2D eigenvalue weighted by Crippen LogP contribution is 2.25. The second kappa shape index (κ2) is 5.61. The van der Waals surface area contributed by atoms with Crippen molar-refractivity contribution in [3.63, 3.8) is 0 Å². The summed E-state index contributed by atoms with van der Waals surface area (Å²) in [7, 11) is 0.